The fourth-order valence-corrected chi connectivity index (χ4v) is 1.42. The Hall–Kier alpha value is -0.560. The number of aliphatic hydroxyl groups is 1. The Labute approximate surface area is 62.1 Å². The number of hydrogen-bond donors (Lipinski definition) is 1. The quantitative estimate of drug-likeness (QED) is 0.578. The van der Waals surface area contributed by atoms with Gasteiger partial charge in [-0.05, 0) is 18.4 Å². The van der Waals surface area contributed by atoms with E-state index in [-0.39, 0.29) is 12.0 Å². The SMILES string of the molecule is C=CC1(C)CCC=C1CO. The van der Waals surface area contributed by atoms with Gasteiger partial charge in [0.05, 0.1) is 6.61 Å². The van der Waals surface area contributed by atoms with E-state index in [4.69, 9.17) is 5.11 Å². The highest BCUT2D eigenvalue weighted by Crippen LogP contribution is 2.38. The summed E-state index contributed by atoms with van der Waals surface area (Å²) in [5.41, 5.74) is 1.21. The van der Waals surface area contributed by atoms with Gasteiger partial charge in [0.2, 0.25) is 0 Å². The molecule has 0 saturated heterocycles. The van der Waals surface area contributed by atoms with E-state index in [1.165, 1.54) is 0 Å². The predicted molar refractivity (Wildman–Crippen MR) is 42.7 cm³/mol. The molecule has 1 aliphatic carbocycles. The molecule has 1 aliphatic rings. The van der Waals surface area contributed by atoms with Crippen LogP contribution in [0.5, 0.6) is 0 Å². The molecule has 0 bridgehead atoms. The summed E-state index contributed by atoms with van der Waals surface area (Å²) in [6, 6.07) is 0. The van der Waals surface area contributed by atoms with Crippen LogP contribution in [0.3, 0.4) is 0 Å². The van der Waals surface area contributed by atoms with Gasteiger partial charge in [0.15, 0.2) is 0 Å². The second kappa shape index (κ2) is 2.59. The Bertz CT molecular complexity index is 170. The maximum absolute atomic E-state index is 8.92. The van der Waals surface area contributed by atoms with E-state index >= 15 is 0 Å². The van der Waals surface area contributed by atoms with Crippen LogP contribution < -0.4 is 0 Å². The summed E-state index contributed by atoms with van der Waals surface area (Å²) in [5.74, 6) is 0. The lowest BCUT2D eigenvalue weighted by atomic mass is 9.84. The van der Waals surface area contributed by atoms with Crippen molar-refractivity contribution in [1.29, 1.82) is 0 Å². The van der Waals surface area contributed by atoms with Crippen molar-refractivity contribution >= 4 is 0 Å². The van der Waals surface area contributed by atoms with Crippen LogP contribution in [0.15, 0.2) is 24.3 Å². The zero-order chi connectivity index (χ0) is 7.61. The normalized spacial score (nSPS) is 32.0. The zero-order valence-electron chi connectivity index (χ0n) is 6.43. The van der Waals surface area contributed by atoms with Crippen LogP contribution in [-0.2, 0) is 0 Å². The minimum absolute atomic E-state index is 0.0781. The van der Waals surface area contributed by atoms with Gasteiger partial charge in [0, 0.05) is 5.41 Å². The van der Waals surface area contributed by atoms with E-state index in [0.29, 0.717) is 0 Å². The monoisotopic (exact) mass is 138 g/mol. The van der Waals surface area contributed by atoms with Crippen molar-refractivity contribution in [3.63, 3.8) is 0 Å². The molecule has 1 rings (SSSR count). The highest BCUT2D eigenvalue weighted by atomic mass is 16.3. The van der Waals surface area contributed by atoms with Crippen LogP contribution in [0, 0.1) is 5.41 Å². The highest BCUT2D eigenvalue weighted by Gasteiger charge is 2.27. The Morgan fingerprint density at radius 1 is 1.90 bits per heavy atom. The number of hydrogen-bond acceptors (Lipinski definition) is 1. The van der Waals surface area contributed by atoms with Crippen molar-refractivity contribution < 1.29 is 5.11 Å². The van der Waals surface area contributed by atoms with Crippen LogP contribution >= 0.6 is 0 Å². The molecule has 0 radical (unpaired) electrons. The van der Waals surface area contributed by atoms with Crippen molar-refractivity contribution in [1.82, 2.24) is 0 Å². The standard InChI is InChI=1S/C9H14O/c1-3-9(2)6-4-5-8(9)7-10/h3,5,10H,1,4,6-7H2,2H3. The Kier molecular flexibility index (Phi) is 1.95. The van der Waals surface area contributed by atoms with Gasteiger partial charge in [-0.1, -0.05) is 19.1 Å². The van der Waals surface area contributed by atoms with Crippen molar-refractivity contribution in [2.45, 2.75) is 19.8 Å². The van der Waals surface area contributed by atoms with Gasteiger partial charge >= 0.3 is 0 Å². The molecule has 0 spiro atoms. The number of rotatable bonds is 2. The molecule has 0 aliphatic heterocycles. The van der Waals surface area contributed by atoms with Crippen LogP contribution in [0.4, 0.5) is 0 Å². The molecule has 1 unspecified atom stereocenters. The second-order valence-electron chi connectivity index (χ2n) is 3.05. The molecule has 1 nitrogen and oxygen atoms in total. The molecule has 10 heavy (non-hydrogen) atoms. The first-order valence-electron chi connectivity index (χ1n) is 3.67. The average molecular weight is 138 g/mol. The van der Waals surface area contributed by atoms with Crippen molar-refractivity contribution in [3.8, 4) is 0 Å². The minimum Gasteiger partial charge on any atom is -0.392 e. The lowest BCUT2D eigenvalue weighted by Crippen LogP contribution is -2.13. The lowest BCUT2D eigenvalue weighted by Gasteiger charge is -2.21. The molecular weight excluding hydrogens is 124 g/mol. The average Bonchev–Trinajstić information content (AvgIpc) is 2.32. The first-order chi connectivity index (χ1) is 4.73. The van der Waals surface area contributed by atoms with Gasteiger partial charge in [0.25, 0.3) is 0 Å². The third kappa shape index (κ3) is 1.01. The summed E-state index contributed by atoms with van der Waals surface area (Å²) in [7, 11) is 0. The molecule has 0 saturated carbocycles. The smallest absolute Gasteiger partial charge is 0.0650 e. The molecule has 56 valence electrons. The molecule has 1 heteroatoms. The van der Waals surface area contributed by atoms with E-state index in [2.05, 4.69) is 19.6 Å². The molecule has 0 amide bonds. The van der Waals surface area contributed by atoms with Gasteiger partial charge in [-0.2, -0.15) is 0 Å². The third-order valence-electron chi connectivity index (χ3n) is 2.41. The fraction of sp³-hybridized carbons (Fsp3) is 0.556. The topological polar surface area (TPSA) is 20.2 Å². The van der Waals surface area contributed by atoms with Crippen LogP contribution in [0.1, 0.15) is 19.8 Å². The molecule has 0 fully saturated rings. The van der Waals surface area contributed by atoms with Crippen molar-refractivity contribution in [3.05, 3.63) is 24.3 Å². The van der Waals surface area contributed by atoms with Crippen LogP contribution in [-0.4, -0.2) is 11.7 Å². The lowest BCUT2D eigenvalue weighted by molar-refractivity contribution is 0.303. The van der Waals surface area contributed by atoms with Gasteiger partial charge < -0.3 is 5.11 Å². The summed E-state index contributed by atoms with van der Waals surface area (Å²) in [5, 5.41) is 8.92. The summed E-state index contributed by atoms with van der Waals surface area (Å²) >= 11 is 0. The second-order valence-corrected chi connectivity index (χ2v) is 3.05. The van der Waals surface area contributed by atoms with E-state index in [0.717, 1.165) is 18.4 Å². The molecule has 1 N–H and O–H groups in total. The maximum atomic E-state index is 8.92. The molecule has 1 atom stereocenters. The molecule has 0 aromatic heterocycles. The Morgan fingerprint density at radius 3 is 3.00 bits per heavy atom. The third-order valence-corrected chi connectivity index (χ3v) is 2.41. The number of aliphatic hydroxyl groups excluding tert-OH is 1. The first-order valence-corrected chi connectivity index (χ1v) is 3.67. The molecule has 0 aromatic rings. The molecular formula is C9H14O. The highest BCUT2D eigenvalue weighted by molar-refractivity contribution is 5.24. The van der Waals surface area contributed by atoms with Crippen LogP contribution in [0.2, 0.25) is 0 Å². The van der Waals surface area contributed by atoms with Gasteiger partial charge in [-0.25, -0.2) is 0 Å². The zero-order valence-corrected chi connectivity index (χ0v) is 6.43. The molecule has 0 heterocycles. The largest absolute Gasteiger partial charge is 0.392 e. The summed E-state index contributed by atoms with van der Waals surface area (Å²) < 4.78 is 0. The predicted octanol–water partition coefficient (Wildman–Crippen LogP) is 1.89. The van der Waals surface area contributed by atoms with E-state index in [9.17, 15) is 0 Å². The first kappa shape index (κ1) is 7.55. The van der Waals surface area contributed by atoms with Gasteiger partial charge in [0.1, 0.15) is 0 Å². The Balaban J connectivity index is 2.79. The van der Waals surface area contributed by atoms with Gasteiger partial charge in [-0.15, -0.1) is 6.58 Å². The van der Waals surface area contributed by atoms with E-state index in [1.54, 1.807) is 0 Å². The van der Waals surface area contributed by atoms with E-state index in [1.807, 2.05) is 6.08 Å². The summed E-state index contributed by atoms with van der Waals surface area (Å²) in [6.07, 6.45) is 6.23. The van der Waals surface area contributed by atoms with Crippen LogP contribution in [0.25, 0.3) is 0 Å². The molecule has 0 aromatic carbocycles. The Morgan fingerprint density at radius 2 is 2.60 bits per heavy atom. The summed E-state index contributed by atoms with van der Waals surface area (Å²) in [6.45, 7) is 6.06. The maximum Gasteiger partial charge on any atom is 0.0650 e. The van der Waals surface area contributed by atoms with Crippen molar-refractivity contribution in [2.24, 2.45) is 5.41 Å². The fourth-order valence-electron chi connectivity index (χ4n) is 1.42. The van der Waals surface area contributed by atoms with Crippen molar-refractivity contribution in [2.75, 3.05) is 6.61 Å². The summed E-state index contributed by atoms with van der Waals surface area (Å²) in [4.78, 5) is 0. The minimum atomic E-state index is 0.0781. The number of allylic oxidation sites excluding steroid dienone is 2. The van der Waals surface area contributed by atoms with E-state index < -0.39 is 0 Å². The van der Waals surface area contributed by atoms with Gasteiger partial charge in [-0.3, -0.25) is 0 Å².